The number of aromatic nitrogens is 2. The highest BCUT2D eigenvalue weighted by atomic mass is 16.2. The van der Waals surface area contributed by atoms with Crippen LogP contribution in [0.25, 0.3) is 0 Å². The molecule has 2 heterocycles. The van der Waals surface area contributed by atoms with Gasteiger partial charge in [0.15, 0.2) is 0 Å². The molecule has 0 saturated heterocycles. The van der Waals surface area contributed by atoms with Crippen LogP contribution in [-0.2, 0) is 6.54 Å². The molecule has 102 valence electrons. The second-order valence-corrected chi connectivity index (χ2v) is 4.81. The van der Waals surface area contributed by atoms with Crippen LogP contribution in [0.4, 0.5) is 11.8 Å². The minimum Gasteiger partial charge on any atom is -0.383 e. The first-order chi connectivity index (χ1) is 9.58. The number of hydrogen-bond acceptors (Lipinski definition) is 5. The van der Waals surface area contributed by atoms with Gasteiger partial charge >= 0.3 is 0 Å². The molecule has 3 rings (SSSR count). The average molecular weight is 269 g/mol. The van der Waals surface area contributed by atoms with Gasteiger partial charge in [0, 0.05) is 11.1 Å². The van der Waals surface area contributed by atoms with Crippen LogP contribution >= 0.6 is 0 Å². The zero-order valence-electron chi connectivity index (χ0n) is 11.1. The molecule has 0 radical (unpaired) electrons. The lowest BCUT2D eigenvalue weighted by Crippen LogP contribution is -2.28. The molecule has 1 aromatic heterocycles. The molecule has 1 amide bonds. The number of carbonyl (C=O) groups is 1. The third-order valence-electron chi connectivity index (χ3n) is 3.56. The quantitative estimate of drug-likeness (QED) is 0.814. The number of anilines is 2. The van der Waals surface area contributed by atoms with Crippen molar-refractivity contribution in [2.45, 2.75) is 19.5 Å². The number of hydrogen-bond donors (Lipinski definition) is 2. The van der Waals surface area contributed by atoms with E-state index in [1.54, 1.807) is 17.0 Å². The molecule has 1 aliphatic rings. The first-order valence-electron chi connectivity index (χ1n) is 6.35. The third kappa shape index (κ3) is 1.85. The maximum absolute atomic E-state index is 12.5. The lowest BCUT2D eigenvalue weighted by atomic mass is 10.1. The number of nitrogens with zero attached hydrogens (tertiary/aromatic N) is 3. The molecule has 20 heavy (non-hydrogen) atoms. The molecular formula is C14H15N5O. The first kappa shape index (κ1) is 12.4. The van der Waals surface area contributed by atoms with E-state index in [1.807, 2.05) is 25.1 Å². The summed E-state index contributed by atoms with van der Waals surface area (Å²) in [5.74, 6) is 0.443. The predicted molar refractivity (Wildman–Crippen MR) is 75.6 cm³/mol. The zero-order valence-corrected chi connectivity index (χ0v) is 11.1. The average Bonchev–Trinajstić information content (AvgIpc) is 2.77. The van der Waals surface area contributed by atoms with Crippen molar-refractivity contribution in [3.63, 3.8) is 0 Å². The fourth-order valence-corrected chi connectivity index (χ4v) is 2.49. The fraction of sp³-hybridized carbons (Fsp3) is 0.214. The molecule has 4 N–H and O–H groups in total. The maximum atomic E-state index is 12.5. The molecule has 6 heteroatoms. The van der Waals surface area contributed by atoms with Crippen LogP contribution in [0.15, 0.2) is 30.3 Å². The van der Waals surface area contributed by atoms with Gasteiger partial charge in [-0.25, -0.2) is 4.98 Å². The number of carbonyl (C=O) groups excluding carboxylic acids is 1. The molecule has 0 fully saturated rings. The topological polar surface area (TPSA) is 98.1 Å². The van der Waals surface area contributed by atoms with Crippen molar-refractivity contribution >= 4 is 17.7 Å². The van der Waals surface area contributed by atoms with Gasteiger partial charge in [-0.3, -0.25) is 4.79 Å². The van der Waals surface area contributed by atoms with E-state index in [-0.39, 0.29) is 17.9 Å². The van der Waals surface area contributed by atoms with E-state index in [9.17, 15) is 4.79 Å². The lowest BCUT2D eigenvalue weighted by molar-refractivity contribution is 0.0703. The number of benzene rings is 1. The lowest BCUT2D eigenvalue weighted by Gasteiger charge is -2.21. The van der Waals surface area contributed by atoms with Crippen LogP contribution in [-0.4, -0.2) is 20.8 Å². The van der Waals surface area contributed by atoms with Gasteiger partial charge in [0.1, 0.15) is 5.82 Å². The Morgan fingerprint density at radius 3 is 2.65 bits per heavy atom. The number of amides is 1. The Bertz CT molecular complexity index is 671. The minimum atomic E-state index is -0.162. The van der Waals surface area contributed by atoms with Gasteiger partial charge in [-0.15, -0.1) is 0 Å². The van der Waals surface area contributed by atoms with E-state index < -0.39 is 0 Å². The molecule has 0 aliphatic carbocycles. The second-order valence-electron chi connectivity index (χ2n) is 4.81. The van der Waals surface area contributed by atoms with Gasteiger partial charge in [-0.1, -0.05) is 18.2 Å². The summed E-state index contributed by atoms with van der Waals surface area (Å²) >= 11 is 0. The fourth-order valence-electron chi connectivity index (χ4n) is 2.49. The van der Waals surface area contributed by atoms with Crippen molar-refractivity contribution in [1.29, 1.82) is 0 Å². The summed E-state index contributed by atoms with van der Waals surface area (Å²) in [5.41, 5.74) is 13.7. The normalized spacial score (nSPS) is 17.1. The van der Waals surface area contributed by atoms with Crippen LogP contribution < -0.4 is 11.5 Å². The Morgan fingerprint density at radius 2 is 1.95 bits per heavy atom. The maximum Gasteiger partial charge on any atom is 0.254 e. The molecular weight excluding hydrogens is 254 g/mol. The Labute approximate surface area is 116 Å². The number of nitrogens with two attached hydrogens (primary N) is 2. The first-order valence-corrected chi connectivity index (χ1v) is 6.35. The monoisotopic (exact) mass is 269 g/mol. The van der Waals surface area contributed by atoms with Crippen LogP contribution in [0.2, 0.25) is 0 Å². The molecule has 1 atom stereocenters. The van der Waals surface area contributed by atoms with Gasteiger partial charge in [0.2, 0.25) is 5.95 Å². The highest BCUT2D eigenvalue weighted by Crippen LogP contribution is 2.35. The number of rotatable bonds is 1. The summed E-state index contributed by atoms with van der Waals surface area (Å²) < 4.78 is 0. The Morgan fingerprint density at radius 1 is 1.25 bits per heavy atom. The van der Waals surface area contributed by atoms with Gasteiger partial charge in [-0.05, 0) is 19.1 Å². The Balaban J connectivity index is 1.96. The van der Waals surface area contributed by atoms with E-state index in [1.165, 1.54) is 0 Å². The van der Waals surface area contributed by atoms with E-state index in [0.29, 0.717) is 17.9 Å². The van der Waals surface area contributed by atoms with E-state index in [0.717, 1.165) is 11.3 Å². The molecule has 1 aliphatic heterocycles. The molecule has 0 spiro atoms. The number of nitrogen functional groups attached to an aromatic ring is 2. The molecule has 1 aromatic carbocycles. The van der Waals surface area contributed by atoms with Crippen molar-refractivity contribution in [2.75, 3.05) is 11.5 Å². The third-order valence-corrected chi connectivity index (χ3v) is 3.56. The Kier molecular flexibility index (Phi) is 2.78. The molecule has 1 unspecified atom stereocenters. The zero-order chi connectivity index (χ0) is 14.3. The Hall–Kier alpha value is -2.63. The van der Waals surface area contributed by atoms with Crippen LogP contribution in [0, 0.1) is 0 Å². The summed E-state index contributed by atoms with van der Waals surface area (Å²) in [6.45, 7) is 2.33. The number of fused-ring (bicyclic) bond motifs is 1. The van der Waals surface area contributed by atoms with E-state index in [2.05, 4.69) is 9.97 Å². The van der Waals surface area contributed by atoms with Crippen molar-refractivity contribution in [2.24, 2.45) is 0 Å². The van der Waals surface area contributed by atoms with Crippen LogP contribution in [0.5, 0.6) is 0 Å². The van der Waals surface area contributed by atoms with Crippen molar-refractivity contribution in [3.8, 4) is 0 Å². The molecule has 0 bridgehead atoms. The summed E-state index contributed by atoms with van der Waals surface area (Å²) in [6.07, 6.45) is 0. The van der Waals surface area contributed by atoms with Gasteiger partial charge in [0.05, 0.1) is 18.3 Å². The smallest absolute Gasteiger partial charge is 0.254 e. The molecule has 0 saturated carbocycles. The van der Waals surface area contributed by atoms with Crippen LogP contribution in [0.3, 0.4) is 0 Å². The highest BCUT2D eigenvalue weighted by Gasteiger charge is 2.34. The molecule has 6 nitrogen and oxygen atoms in total. The summed E-state index contributed by atoms with van der Waals surface area (Å²) in [7, 11) is 0. The highest BCUT2D eigenvalue weighted by molar-refractivity contribution is 5.94. The van der Waals surface area contributed by atoms with Crippen molar-refractivity contribution in [3.05, 3.63) is 47.2 Å². The van der Waals surface area contributed by atoms with Crippen LogP contribution in [0.1, 0.15) is 34.6 Å². The van der Waals surface area contributed by atoms with Gasteiger partial charge in [-0.2, -0.15) is 4.98 Å². The molecule has 2 aromatic rings. The van der Waals surface area contributed by atoms with Gasteiger partial charge < -0.3 is 16.4 Å². The summed E-state index contributed by atoms with van der Waals surface area (Å²) in [6, 6.07) is 8.98. The summed E-state index contributed by atoms with van der Waals surface area (Å²) in [4.78, 5) is 22.4. The van der Waals surface area contributed by atoms with Crippen molar-refractivity contribution in [1.82, 2.24) is 14.9 Å². The van der Waals surface area contributed by atoms with E-state index >= 15 is 0 Å². The standard InChI is InChI=1S/C14H15N5O/c1-8-11-10(12(15)18-14(16)17-11)7-19(8)13(20)9-5-3-2-4-6-9/h2-6,8H,7H2,1H3,(H4,15,16,17,18). The SMILES string of the molecule is CC1c2nc(N)nc(N)c2CN1C(=O)c1ccccc1. The largest absolute Gasteiger partial charge is 0.383 e. The van der Waals surface area contributed by atoms with Gasteiger partial charge in [0.25, 0.3) is 5.91 Å². The second kappa shape index (κ2) is 4.48. The summed E-state index contributed by atoms with van der Waals surface area (Å²) in [5, 5.41) is 0. The van der Waals surface area contributed by atoms with E-state index in [4.69, 9.17) is 11.5 Å². The predicted octanol–water partition coefficient (Wildman–Crippen LogP) is 1.36. The van der Waals surface area contributed by atoms with Crippen molar-refractivity contribution < 1.29 is 4.79 Å². The minimum absolute atomic E-state index is 0.0472.